The maximum Gasteiger partial charge on any atom is 0.196 e. The van der Waals surface area contributed by atoms with E-state index in [4.69, 9.17) is 0 Å². The summed E-state index contributed by atoms with van der Waals surface area (Å²) >= 11 is 0. The van der Waals surface area contributed by atoms with Gasteiger partial charge < -0.3 is 0 Å². The number of ketones is 1. The molecule has 13 heavy (non-hydrogen) atoms. The molecule has 0 radical (unpaired) electrons. The van der Waals surface area contributed by atoms with Crippen LogP contribution in [0.15, 0.2) is 36.9 Å². The first kappa shape index (κ1) is 9.17. The lowest BCUT2D eigenvalue weighted by molar-refractivity contribution is 0.104. The van der Waals surface area contributed by atoms with Crippen LogP contribution in [0.25, 0.3) is 6.08 Å². The fourth-order valence-corrected chi connectivity index (χ4v) is 0.920. The van der Waals surface area contributed by atoms with Gasteiger partial charge in [0.1, 0.15) is 5.94 Å². The second-order valence-electron chi connectivity index (χ2n) is 2.45. The summed E-state index contributed by atoms with van der Waals surface area (Å²) in [4.78, 5) is 21.0. The van der Waals surface area contributed by atoms with Crippen LogP contribution in [0.4, 0.5) is 0 Å². The highest BCUT2D eigenvalue weighted by molar-refractivity contribution is 6.08. The summed E-state index contributed by atoms with van der Waals surface area (Å²) in [5, 5.41) is 0. The average molecular weight is 172 g/mol. The molecule has 2 nitrogen and oxygen atoms in total. The summed E-state index contributed by atoms with van der Waals surface area (Å²) < 4.78 is 0. The van der Waals surface area contributed by atoms with Gasteiger partial charge in [0, 0.05) is 5.56 Å². The van der Waals surface area contributed by atoms with E-state index in [1.165, 1.54) is 5.94 Å². The third-order valence-corrected chi connectivity index (χ3v) is 1.62. The monoisotopic (exact) mass is 172 g/mol. The van der Waals surface area contributed by atoms with E-state index in [9.17, 15) is 9.59 Å². The van der Waals surface area contributed by atoms with Crippen molar-refractivity contribution in [2.24, 2.45) is 0 Å². The molecule has 0 aliphatic rings. The van der Waals surface area contributed by atoms with Crippen LogP contribution >= 0.6 is 0 Å². The lowest BCUT2D eigenvalue weighted by Gasteiger charge is -1.95. The molecule has 0 fully saturated rings. The third-order valence-electron chi connectivity index (χ3n) is 1.62. The molecule has 0 spiro atoms. The smallest absolute Gasteiger partial charge is 0.196 e. The highest BCUT2D eigenvalue weighted by Crippen LogP contribution is 2.06. The van der Waals surface area contributed by atoms with Crippen LogP contribution in [0, 0.1) is 0 Å². The Morgan fingerprint density at radius 2 is 1.92 bits per heavy atom. The maximum atomic E-state index is 11.1. The number of carbonyl (C=O) groups is 1. The number of hydrogen-bond donors (Lipinski definition) is 0. The van der Waals surface area contributed by atoms with Crippen molar-refractivity contribution in [1.29, 1.82) is 0 Å². The highest BCUT2D eigenvalue weighted by Gasteiger charge is 2.00. The molecule has 0 saturated carbocycles. The van der Waals surface area contributed by atoms with Gasteiger partial charge >= 0.3 is 0 Å². The molecule has 0 bridgehead atoms. The van der Waals surface area contributed by atoms with Crippen molar-refractivity contribution in [3.63, 3.8) is 0 Å². The SMILES string of the molecule is C=Cc1ccc(C(=O)C=C=O)cc1. The van der Waals surface area contributed by atoms with E-state index < -0.39 is 0 Å². The number of rotatable bonds is 3. The quantitative estimate of drug-likeness (QED) is 0.396. The Kier molecular flexibility index (Phi) is 2.96. The van der Waals surface area contributed by atoms with Crippen LogP contribution in [-0.2, 0) is 4.79 Å². The molecular weight excluding hydrogens is 164 g/mol. The van der Waals surface area contributed by atoms with E-state index in [-0.39, 0.29) is 5.78 Å². The fourth-order valence-electron chi connectivity index (χ4n) is 0.920. The van der Waals surface area contributed by atoms with Crippen LogP contribution in [0.2, 0.25) is 0 Å². The van der Waals surface area contributed by atoms with Gasteiger partial charge in [-0.1, -0.05) is 36.9 Å². The minimum absolute atomic E-state index is 0.328. The van der Waals surface area contributed by atoms with Crippen LogP contribution in [0.3, 0.4) is 0 Å². The van der Waals surface area contributed by atoms with E-state index in [1.54, 1.807) is 30.3 Å². The third kappa shape index (κ3) is 2.26. The molecule has 0 saturated heterocycles. The predicted molar refractivity (Wildman–Crippen MR) is 51.1 cm³/mol. The van der Waals surface area contributed by atoms with Gasteiger partial charge in [-0.05, 0) is 5.56 Å². The zero-order valence-electron chi connectivity index (χ0n) is 6.99. The van der Waals surface area contributed by atoms with Crippen molar-refractivity contribution in [2.45, 2.75) is 0 Å². The van der Waals surface area contributed by atoms with E-state index in [0.29, 0.717) is 5.56 Å². The van der Waals surface area contributed by atoms with Crippen molar-refractivity contribution in [3.8, 4) is 0 Å². The summed E-state index contributed by atoms with van der Waals surface area (Å²) in [5.41, 5.74) is 1.42. The zero-order chi connectivity index (χ0) is 9.68. The van der Waals surface area contributed by atoms with Gasteiger partial charge in [0.05, 0.1) is 6.08 Å². The summed E-state index contributed by atoms with van der Waals surface area (Å²) in [6, 6.07) is 6.82. The molecule has 2 heteroatoms. The Balaban J connectivity index is 2.98. The lowest BCUT2D eigenvalue weighted by atomic mass is 10.1. The van der Waals surface area contributed by atoms with Crippen molar-refractivity contribution < 1.29 is 9.59 Å². The molecule has 64 valence electrons. The summed E-state index contributed by atoms with van der Waals surface area (Å²) in [6.45, 7) is 3.59. The van der Waals surface area contributed by atoms with Crippen LogP contribution in [0.5, 0.6) is 0 Å². The topological polar surface area (TPSA) is 34.1 Å². The highest BCUT2D eigenvalue weighted by atomic mass is 16.1. The predicted octanol–water partition coefficient (Wildman–Crippen LogP) is 1.90. The summed E-state index contributed by atoms with van der Waals surface area (Å²) in [5.74, 6) is 1.12. The number of hydrogen-bond acceptors (Lipinski definition) is 2. The average Bonchev–Trinajstić information content (AvgIpc) is 2.18. The van der Waals surface area contributed by atoms with E-state index in [2.05, 4.69) is 6.58 Å². The number of benzene rings is 1. The van der Waals surface area contributed by atoms with E-state index in [0.717, 1.165) is 11.6 Å². The van der Waals surface area contributed by atoms with Gasteiger partial charge in [0.25, 0.3) is 0 Å². The van der Waals surface area contributed by atoms with Crippen LogP contribution < -0.4 is 0 Å². The normalized spacial score (nSPS) is 8.62. The molecule has 1 aromatic rings. The molecule has 0 unspecified atom stereocenters. The molecule has 0 amide bonds. The van der Waals surface area contributed by atoms with E-state index >= 15 is 0 Å². The lowest BCUT2D eigenvalue weighted by Crippen LogP contribution is -1.93. The minimum Gasteiger partial charge on any atom is -0.288 e. The molecule has 0 atom stereocenters. The van der Waals surface area contributed by atoms with Crippen LogP contribution in [0.1, 0.15) is 15.9 Å². The Bertz CT molecular complexity index is 368. The molecule has 0 heterocycles. The van der Waals surface area contributed by atoms with Gasteiger partial charge in [0.15, 0.2) is 5.78 Å². The Labute approximate surface area is 76.2 Å². The molecule has 1 rings (SSSR count). The van der Waals surface area contributed by atoms with Gasteiger partial charge in [-0.15, -0.1) is 0 Å². The molecule has 1 aromatic carbocycles. The minimum atomic E-state index is -0.328. The Hall–Kier alpha value is -1.92. The number of carbonyl (C=O) groups excluding carboxylic acids is 2. The van der Waals surface area contributed by atoms with Gasteiger partial charge in [-0.25, -0.2) is 4.79 Å². The van der Waals surface area contributed by atoms with Gasteiger partial charge in [0.2, 0.25) is 0 Å². The van der Waals surface area contributed by atoms with Crippen molar-refractivity contribution in [3.05, 3.63) is 48.0 Å². The zero-order valence-corrected chi connectivity index (χ0v) is 6.99. The summed E-state index contributed by atoms with van der Waals surface area (Å²) in [6.07, 6.45) is 2.56. The van der Waals surface area contributed by atoms with E-state index in [1.807, 2.05) is 0 Å². The second-order valence-corrected chi connectivity index (χ2v) is 2.45. The molecule has 0 N–H and O–H groups in total. The second kappa shape index (κ2) is 4.19. The maximum absolute atomic E-state index is 11.1. The van der Waals surface area contributed by atoms with Crippen LogP contribution in [-0.4, -0.2) is 11.7 Å². The first-order chi connectivity index (χ1) is 6.27. The van der Waals surface area contributed by atoms with Crippen molar-refractivity contribution >= 4 is 17.8 Å². The van der Waals surface area contributed by atoms with Crippen molar-refractivity contribution in [1.82, 2.24) is 0 Å². The van der Waals surface area contributed by atoms with Gasteiger partial charge in [-0.2, -0.15) is 0 Å². The first-order valence-corrected chi connectivity index (χ1v) is 3.75. The molecular formula is C11H8O2. The molecule has 0 aliphatic carbocycles. The standard InChI is InChI=1S/C11H8O2/c1-2-9-3-5-10(6-4-9)11(13)7-8-12/h2-7H,1H2. The summed E-state index contributed by atoms with van der Waals surface area (Å²) in [7, 11) is 0. The Morgan fingerprint density at radius 1 is 1.31 bits per heavy atom. The molecule has 0 aromatic heterocycles. The number of allylic oxidation sites excluding steroid dienone is 1. The largest absolute Gasteiger partial charge is 0.288 e. The van der Waals surface area contributed by atoms with Crippen molar-refractivity contribution in [2.75, 3.05) is 0 Å². The fraction of sp³-hybridized carbons (Fsp3) is 0. The molecule has 0 aliphatic heterocycles. The first-order valence-electron chi connectivity index (χ1n) is 3.75. The van der Waals surface area contributed by atoms with Gasteiger partial charge in [-0.3, -0.25) is 4.79 Å². The Morgan fingerprint density at radius 3 is 2.38 bits per heavy atom.